The van der Waals surface area contributed by atoms with E-state index >= 15 is 0 Å². The molecule has 1 N–H and O–H groups in total. The van der Waals surface area contributed by atoms with E-state index in [1.807, 2.05) is 36.1 Å². The number of hydrogen-bond acceptors (Lipinski definition) is 4. The number of aryl methyl sites for hydroxylation is 1. The number of benzene rings is 1. The van der Waals surface area contributed by atoms with Gasteiger partial charge in [-0.05, 0) is 68.0 Å². The van der Waals surface area contributed by atoms with Gasteiger partial charge in [0.25, 0.3) is 5.91 Å². The fraction of sp³-hybridized carbons (Fsp3) is 0.500. The summed E-state index contributed by atoms with van der Waals surface area (Å²) in [5.41, 5.74) is 4.60. The van der Waals surface area contributed by atoms with Gasteiger partial charge in [0.05, 0.1) is 18.5 Å². The first-order chi connectivity index (χ1) is 16.4. The summed E-state index contributed by atoms with van der Waals surface area (Å²) in [7, 11) is 1.63. The third kappa shape index (κ3) is 4.38. The first-order valence-electron chi connectivity index (χ1n) is 12.6. The van der Waals surface area contributed by atoms with Crippen molar-refractivity contribution < 1.29 is 14.3 Å². The summed E-state index contributed by atoms with van der Waals surface area (Å²) in [4.78, 5) is 30.4. The highest BCUT2D eigenvalue weighted by Crippen LogP contribution is 2.40. The highest BCUT2D eigenvalue weighted by Gasteiger charge is 2.41. The second-order valence-electron chi connectivity index (χ2n) is 10.3. The maximum atomic E-state index is 13.4. The minimum atomic E-state index is 0.0661. The summed E-state index contributed by atoms with van der Waals surface area (Å²) >= 11 is 0. The largest absolute Gasteiger partial charge is 0.497 e. The maximum absolute atomic E-state index is 13.4. The molecule has 180 valence electrons. The third-order valence-corrected chi connectivity index (χ3v) is 7.82. The van der Waals surface area contributed by atoms with E-state index in [1.165, 1.54) is 12.1 Å². The van der Waals surface area contributed by atoms with Crippen molar-refractivity contribution in [3.63, 3.8) is 0 Å². The number of hydrogen-bond donors (Lipinski definition) is 1. The van der Waals surface area contributed by atoms with Crippen molar-refractivity contribution in [1.82, 2.24) is 15.1 Å². The highest BCUT2D eigenvalue weighted by molar-refractivity contribution is 5.95. The molecule has 4 aliphatic rings. The van der Waals surface area contributed by atoms with Gasteiger partial charge in [0, 0.05) is 42.7 Å². The third-order valence-electron chi connectivity index (χ3n) is 7.82. The first-order valence-corrected chi connectivity index (χ1v) is 12.6. The van der Waals surface area contributed by atoms with Crippen LogP contribution in [0.4, 0.5) is 0 Å². The van der Waals surface area contributed by atoms with Crippen LogP contribution >= 0.6 is 0 Å². The summed E-state index contributed by atoms with van der Waals surface area (Å²) in [6, 6.07) is 5.71. The average molecular weight is 462 g/mol. The Morgan fingerprint density at radius 2 is 1.85 bits per heavy atom. The Morgan fingerprint density at radius 3 is 2.62 bits per heavy atom. The Balaban J connectivity index is 1.31. The number of fused-ring (bicyclic) bond motifs is 4. The smallest absolute Gasteiger partial charge is 0.254 e. The van der Waals surface area contributed by atoms with Gasteiger partial charge in [-0.2, -0.15) is 0 Å². The van der Waals surface area contributed by atoms with Gasteiger partial charge < -0.3 is 19.9 Å². The summed E-state index contributed by atoms with van der Waals surface area (Å²) in [6.45, 7) is 8.57. The Labute approximate surface area is 202 Å². The number of ether oxygens (including phenoxy) is 1. The van der Waals surface area contributed by atoms with Crippen LogP contribution in [0, 0.1) is 24.7 Å². The van der Waals surface area contributed by atoms with Crippen molar-refractivity contribution in [2.75, 3.05) is 26.7 Å². The molecular formula is C28H35N3O3. The van der Waals surface area contributed by atoms with Gasteiger partial charge in [0.15, 0.2) is 0 Å². The van der Waals surface area contributed by atoms with Crippen LogP contribution in [0.3, 0.4) is 0 Å². The number of likely N-dealkylation sites (tertiary alicyclic amines) is 1. The number of nitrogens with one attached hydrogen (secondary N) is 1. The molecule has 3 heterocycles. The van der Waals surface area contributed by atoms with Crippen LogP contribution in [0.5, 0.6) is 5.75 Å². The van der Waals surface area contributed by atoms with E-state index in [2.05, 4.69) is 22.9 Å². The molecule has 1 aliphatic carbocycles. The molecule has 34 heavy (non-hydrogen) atoms. The molecule has 3 fully saturated rings. The molecule has 2 unspecified atom stereocenters. The molecule has 2 bridgehead atoms. The SMILES string of the molecule is C=C1C(NC(=O)C2CCCCC2)=CC=C2C3CC(CN(C(=O)c4cc(C)cc(OC)c4)C3)CN12. The predicted octanol–water partition coefficient (Wildman–Crippen LogP) is 4.39. The minimum absolute atomic E-state index is 0.0661. The molecule has 0 aromatic heterocycles. The van der Waals surface area contributed by atoms with Crippen molar-refractivity contribution in [3.8, 4) is 5.75 Å². The molecule has 3 aliphatic heterocycles. The zero-order valence-electron chi connectivity index (χ0n) is 20.3. The highest BCUT2D eigenvalue weighted by atomic mass is 16.5. The lowest BCUT2D eigenvalue weighted by molar-refractivity contribution is -0.125. The van der Waals surface area contributed by atoms with Gasteiger partial charge in [0.1, 0.15) is 5.75 Å². The minimum Gasteiger partial charge on any atom is -0.497 e. The summed E-state index contributed by atoms with van der Waals surface area (Å²) in [6.07, 6.45) is 10.7. The molecule has 2 atom stereocenters. The zero-order valence-corrected chi connectivity index (χ0v) is 20.3. The van der Waals surface area contributed by atoms with Crippen LogP contribution < -0.4 is 10.1 Å². The molecule has 1 aromatic carbocycles. The number of carbonyl (C=O) groups is 2. The quantitative estimate of drug-likeness (QED) is 0.723. The lowest BCUT2D eigenvalue weighted by atomic mass is 9.80. The zero-order chi connectivity index (χ0) is 23.8. The molecule has 6 nitrogen and oxygen atoms in total. The molecule has 0 spiro atoms. The molecule has 1 aromatic rings. The standard InChI is InChI=1S/C28H35N3O3/c1-18-11-22(14-24(12-18)34-3)28(33)30-15-20-13-23(17-30)26-10-9-25(19(2)31(26)16-20)29-27(32)21-7-5-4-6-8-21/h9-12,14,20-21,23H,2,4-8,13,15-17H2,1,3H3,(H,29,32). The number of carbonyl (C=O) groups excluding carboxylic acids is 2. The first kappa shape index (κ1) is 22.8. The van der Waals surface area contributed by atoms with Gasteiger partial charge in [-0.15, -0.1) is 0 Å². The van der Waals surface area contributed by atoms with Gasteiger partial charge in [-0.3, -0.25) is 9.59 Å². The number of nitrogens with zero attached hydrogens (tertiary/aromatic N) is 2. The normalized spacial score (nSPS) is 24.7. The Hall–Kier alpha value is -3.02. The molecule has 1 saturated carbocycles. The van der Waals surface area contributed by atoms with Crippen molar-refractivity contribution in [2.45, 2.75) is 45.4 Å². The molecular weight excluding hydrogens is 426 g/mol. The number of amides is 2. The summed E-state index contributed by atoms with van der Waals surface area (Å²) in [5.74, 6) is 1.67. The topological polar surface area (TPSA) is 61.9 Å². The van der Waals surface area contributed by atoms with Gasteiger partial charge in [-0.1, -0.05) is 25.8 Å². The van der Waals surface area contributed by atoms with Crippen molar-refractivity contribution >= 4 is 11.8 Å². The van der Waals surface area contributed by atoms with Crippen molar-refractivity contribution in [3.05, 3.63) is 65.1 Å². The van der Waals surface area contributed by atoms with Gasteiger partial charge in [-0.25, -0.2) is 0 Å². The van der Waals surface area contributed by atoms with Crippen LogP contribution in [0.2, 0.25) is 0 Å². The van der Waals surface area contributed by atoms with E-state index in [9.17, 15) is 9.59 Å². The average Bonchev–Trinajstić information content (AvgIpc) is 2.85. The van der Waals surface area contributed by atoms with Gasteiger partial charge >= 0.3 is 0 Å². The maximum Gasteiger partial charge on any atom is 0.254 e. The molecule has 2 saturated heterocycles. The van der Waals surface area contributed by atoms with E-state index in [0.717, 1.165) is 62.2 Å². The summed E-state index contributed by atoms with van der Waals surface area (Å²) in [5, 5.41) is 3.16. The van der Waals surface area contributed by atoms with Crippen LogP contribution in [0.1, 0.15) is 54.4 Å². The number of allylic oxidation sites excluding steroid dienone is 2. The molecule has 5 rings (SSSR count). The monoisotopic (exact) mass is 461 g/mol. The number of rotatable bonds is 4. The Morgan fingerprint density at radius 1 is 1.06 bits per heavy atom. The predicted molar refractivity (Wildman–Crippen MR) is 132 cm³/mol. The van der Waals surface area contributed by atoms with Crippen molar-refractivity contribution in [1.29, 1.82) is 0 Å². The number of methoxy groups -OCH3 is 1. The van der Waals surface area contributed by atoms with E-state index < -0.39 is 0 Å². The Bertz CT molecular complexity index is 1070. The van der Waals surface area contributed by atoms with E-state index in [1.54, 1.807) is 7.11 Å². The summed E-state index contributed by atoms with van der Waals surface area (Å²) < 4.78 is 5.37. The van der Waals surface area contributed by atoms with Crippen LogP contribution in [0.15, 0.2) is 54.0 Å². The fourth-order valence-electron chi connectivity index (χ4n) is 6.09. The molecule has 2 amide bonds. The van der Waals surface area contributed by atoms with E-state index in [4.69, 9.17) is 4.74 Å². The van der Waals surface area contributed by atoms with Crippen LogP contribution in [-0.2, 0) is 4.79 Å². The van der Waals surface area contributed by atoms with Gasteiger partial charge in [0.2, 0.25) is 5.91 Å². The lowest BCUT2D eigenvalue weighted by Gasteiger charge is -2.49. The second-order valence-corrected chi connectivity index (χ2v) is 10.3. The van der Waals surface area contributed by atoms with Crippen molar-refractivity contribution in [2.24, 2.45) is 17.8 Å². The lowest BCUT2D eigenvalue weighted by Crippen LogP contribution is -2.53. The number of piperidine rings is 2. The molecule has 6 heteroatoms. The van der Waals surface area contributed by atoms with E-state index in [0.29, 0.717) is 23.8 Å². The van der Waals surface area contributed by atoms with E-state index in [-0.39, 0.29) is 23.7 Å². The fourth-order valence-corrected chi connectivity index (χ4v) is 6.09. The van der Waals surface area contributed by atoms with Crippen LogP contribution in [-0.4, -0.2) is 48.4 Å². The molecule has 0 radical (unpaired) electrons. The second kappa shape index (κ2) is 9.32. The Kier molecular flexibility index (Phi) is 6.24. The van der Waals surface area contributed by atoms with Crippen LogP contribution in [0.25, 0.3) is 0 Å².